The molecule has 0 aromatic heterocycles. The molecule has 0 aliphatic heterocycles. The van der Waals surface area contributed by atoms with Crippen molar-refractivity contribution in [3.63, 3.8) is 0 Å². The van der Waals surface area contributed by atoms with Crippen LogP contribution in [-0.4, -0.2) is 49.7 Å². The lowest BCUT2D eigenvalue weighted by Gasteiger charge is -2.34. The number of carbonyl (C=O) groups excluding carboxylic acids is 1. The van der Waals surface area contributed by atoms with Gasteiger partial charge in [-0.15, -0.1) is 0 Å². The highest BCUT2D eigenvalue weighted by Gasteiger charge is 2.33. The zero-order chi connectivity index (χ0) is 23.4. The molecule has 6 heteroatoms. The van der Waals surface area contributed by atoms with Crippen LogP contribution in [0.5, 0.6) is 0 Å². The molecule has 7 unspecified atom stereocenters. The fourth-order valence-corrected chi connectivity index (χ4v) is 4.40. The van der Waals surface area contributed by atoms with Crippen LogP contribution in [0, 0.1) is 29.6 Å². The van der Waals surface area contributed by atoms with E-state index in [9.17, 15) is 9.90 Å². The van der Waals surface area contributed by atoms with Crippen LogP contribution >= 0.6 is 22.6 Å². The summed E-state index contributed by atoms with van der Waals surface area (Å²) in [6, 6.07) is 0. The van der Waals surface area contributed by atoms with Crippen LogP contribution in [-0.2, 0) is 19.0 Å². The first-order valence-corrected chi connectivity index (χ1v) is 12.5. The zero-order valence-electron chi connectivity index (χ0n) is 20.4. The molecule has 0 spiro atoms. The van der Waals surface area contributed by atoms with Crippen LogP contribution in [0.15, 0.2) is 10.2 Å². The van der Waals surface area contributed by atoms with E-state index in [0.29, 0.717) is 6.42 Å². The van der Waals surface area contributed by atoms with Gasteiger partial charge >= 0.3 is 5.97 Å². The third-order valence-corrected chi connectivity index (χ3v) is 6.51. The van der Waals surface area contributed by atoms with Gasteiger partial charge in [-0.25, -0.2) is 0 Å². The molecule has 0 aliphatic rings. The summed E-state index contributed by atoms with van der Waals surface area (Å²) in [6.45, 7) is 14.1. The summed E-state index contributed by atoms with van der Waals surface area (Å²) >= 11 is 2.22. The smallest absolute Gasteiger partial charge is 0.308 e. The lowest BCUT2D eigenvalue weighted by Crippen LogP contribution is -2.39. The number of esters is 1. The molecule has 7 atom stereocenters. The zero-order valence-corrected chi connectivity index (χ0v) is 22.6. The first kappa shape index (κ1) is 29.8. The Bertz CT molecular complexity index is 494. The maximum Gasteiger partial charge on any atom is 0.308 e. The van der Waals surface area contributed by atoms with Gasteiger partial charge in [0.05, 0.1) is 24.2 Å². The number of hydrogen-bond acceptors (Lipinski definition) is 5. The van der Waals surface area contributed by atoms with Gasteiger partial charge in [0.15, 0.2) is 0 Å². The van der Waals surface area contributed by atoms with Gasteiger partial charge in [0.25, 0.3) is 0 Å². The van der Waals surface area contributed by atoms with Gasteiger partial charge in [0.2, 0.25) is 0 Å². The quantitative estimate of drug-likeness (QED) is 0.216. The second-order valence-corrected chi connectivity index (χ2v) is 9.96. The molecule has 178 valence electrons. The highest BCUT2D eigenvalue weighted by molar-refractivity contribution is 14.1. The Kier molecular flexibility index (Phi) is 15.5. The standard InChI is InChI=1S/C24H45IO5/c1-15(2)20(26)14-22(28-8)17(5)10-11-21(30-24(27)16(3)4)19(7)23(29-9)18(6)12-13-25/h12-13,15-23,26H,10-11,14H2,1-9H3. The van der Waals surface area contributed by atoms with E-state index >= 15 is 0 Å². The molecule has 0 bridgehead atoms. The van der Waals surface area contributed by atoms with Crippen molar-refractivity contribution in [2.45, 2.75) is 92.1 Å². The van der Waals surface area contributed by atoms with Crippen LogP contribution < -0.4 is 0 Å². The van der Waals surface area contributed by atoms with Crippen LogP contribution in [0.4, 0.5) is 0 Å². The second-order valence-electron chi connectivity index (χ2n) is 9.24. The molecule has 0 rings (SSSR count). The summed E-state index contributed by atoms with van der Waals surface area (Å²) < 4.78 is 19.4. The normalized spacial score (nSPS) is 19.5. The van der Waals surface area contributed by atoms with E-state index < -0.39 is 0 Å². The molecule has 0 aromatic rings. The lowest BCUT2D eigenvalue weighted by atomic mass is 9.84. The summed E-state index contributed by atoms with van der Waals surface area (Å²) in [4.78, 5) is 12.4. The fourth-order valence-electron chi connectivity index (χ4n) is 3.74. The lowest BCUT2D eigenvalue weighted by molar-refractivity contribution is -0.159. The third-order valence-electron chi connectivity index (χ3n) is 6.10. The Morgan fingerprint density at radius 3 is 2.00 bits per heavy atom. The summed E-state index contributed by atoms with van der Waals surface area (Å²) in [6.07, 6.45) is 3.61. The molecule has 0 heterocycles. The molecule has 0 fully saturated rings. The van der Waals surface area contributed by atoms with Gasteiger partial charge < -0.3 is 19.3 Å². The predicted molar refractivity (Wildman–Crippen MR) is 132 cm³/mol. The summed E-state index contributed by atoms with van der Waals surface area (Å²) in [7, 11) is 3.42. The summed E-state index contributed by atoms with van der Waals surface area (Å²) in [5.41, 5.74) is 0. The summed E-state index contributed by atoms with van der Waals surface area (Å²) in [5.74, 6) is 0.359. The van der Waals surface area contributed by atoms with E-state index in [1.165, 1.54) is 0 Å². The number of carbonyl (C=O) groups is 1. The number of ether oxygens (including phenoxy) is 3. The minimum absolute atomic E-state index is 0.0294. The van der Waals surface area contributed by atoms with Crippen LogP contribution in [0.2, 0.25) is 0 Å². The van der Waals surface area contributed by atoms with Crippen molar-refractivity contribution >= 4 is 28.6 Å². The molecule has 0 saturated carbocycles. The van der Waals surface area contributed by atoms with Crippen molar-refractivity contribution in [2.24, 2.45) is 29.6 Å². The van der Waals surface area contributed by atoms with Crippen molar-refractivity contribution in [1.82, 2.24) is 0 Å². The Balaban J connectivity index is 5.31. The monoisotopic (exact) mass is 540 g/mol. The van der Waals surface area contributed by atoms with Crippen molar-refractivity contribution in [2.75, 3.05) is 14.2 Å². The van der Waals surface area contributed by atoms with Crippen LogP contribution in [0.3, 0.4) is 0 Å². The fraction of sp³-hybridized carbons (Fsp3) is 0.875. The molecule has 0 amide bonds. The molecule has 0 aliphatic carbocycles. The van der Waals surface area contributed by atoms with Crippen molar-refractivity contribution in [1.29, 1.82) is 0 Å². The number of aliphatic hydroxyl groups is 1. The highest BCUT2D eigenvalue weighted by Crippen LogP contribution is 2.29. The largest absolute Gasteiger partial charge is 0.462 e. The average Bonchev–Trinajstić information content (AvgIpc) is 2.68. The SMILES string of the molecule is COC(CC(O)C(C)C)C(C)CCC(OC(=O)C(C)C)C(C)C(OC)C(C)C=CI. The Labute approximate surface area is 198 Å². The molecule has 1 N–H and O–H groups in total. The number of methoxy groups -OCH3 is 2. The number of aliphatic hydroxyl groups excluding tert-OH is 1. The molecular formula is C24H45IO5. The first-order valence-electron chi connectivity index (χ1n) is 11.2. The van der Waals surface area contributed by atoms with E-state index in [1.54, 1.807) is 14.2 Å². The molecule has 30 heavy (non-hydrogen) atoms. The van der Waals surface area contributed by atoms with E-state index in [0.717, 1.165) is 12.8 Å². The Morgan fingerprint density at radius 2 is 1.57 bits per heavy atom. The van der Waals surface area contributed by atoms with Crippen molar-refractivity contribution in [3.05, 3.63) is 10.2 Å². The van der Waals surface area contributed by atoms with E-state index in [2.05, 4.69) is 49.4 Å². The van der Waals surface area contributed by atoms with Gasteiger partial charge in [0.1, 0.15) is 6.10 Å². The highest BCUT2D eigenvalue weighted by atomic mass is 127. The Hall–Kier alpha value is -0.180. The molecule has 0 saturated heterocycles. The minimum Gasteiger partial charge on any atom is -0.462 e. The van der Waals surface area contributed by atoms with Crippen LogP contribution in [0.1, 0.15) is 67.7 Å². The Morgan fingerprint density at radius 1 is 0.967 bits per heavy atom. The van der Waals surface area contributed by atoms with Gasteiger partial charge in [-0.1, -0.05) is 77.1 Å². The van der Waals surface area contributed by atoms with Gasteiger partial charge in [-0.2, -0.15) is 0 Å². The third kappa shape index (κ3) is 10.4. The van der Waals surface area contributed by atoms with Crippen molar-refractivity contribution in [3.8, 4) is 0 Å². The summed E-state index contributed by atoms with van der Waals surface area (Å²) in [5, 5.41) is 10.3. The topological polar surface area (TPSA) is 65.0 Å². The number of rotatable bonds is 15. The maximum atomic E-state index is 12.4. The van der Waals surface area contributed by atoms with Gasteiger partial charge in [0, 0.05) is 26.1 Å². The van der Waals surface area contributed by atoms with E-state index in [-0.39, 0.29) is 60.0 Å². The predicted octanol–water partition coefficient (Wildman–Crippen LogP) is 5.63. The molecular weight excluding hydrogens is 495 g/mol. The minimum atomic E-state index is -0.385. The van der Waals surface area contributed by atoms with Crippen LogP contribution in [0.25, 0.3) is 0 Å². The van der Waals surface area contributed by atoms with Crippen molar-refractivity contribution < 1.29 is 24.1 Å². The second kappa shape index (κ2) is 15.6. The molecule has 5 nitrogen and oxygen atoms in total. The molecule has 0 aromatic carbocycles. The van der Waals surface area contributed by atoms with E-state index in [1.807, 2.05) is 31.8 Å². The first-order chi connectivity index (χ1) is 14.0. The van der Waals surface area contributed by atoms with E-state index in [4.69, 9.17) is 14.2 Å². The average molecular weight is 541 g/mol. The maximum absolute atomic E-state index is 12.4. The van der Waals surface area contributed by atoms with Gasteiger partial charge in [-0.3, -0.25) is 4.79 Å². The number of hydrogen-bond donors (Lipinski definition) is 1. The molecule has 0 radical (unpaired) electrons. The van der Waals surface area contributed by atoms with Gasteiger partial charge in [-0.05, 0) is 35.2 Å². The number of halogens is 1.